The van der Waals surface area contributed by atoms with E-state index in [9.17, 15) is 0 Å². The van der Waals surface area contributed by atoms with Gasteiger partial charge >= 0.3 is 0 Å². The fourth-order valence-corrected chi connectivity index (χ4v) is 2.32. The molecule has 2 aromatic rings. The Balaban J connectivity index is 2.27. The second kappa shape index (κ2) is 3.67. The van der Waals surface area contributed by atoms with Gasteiger partial charge in [0, 0.05) is 13.0 Å². The average molecular weight is 229 g/mol. The van der Waals surface area contributed by atoms with E-state index < -0.39 is 0 Å². The molecule has 0 bridgehead atoms. The molecule has 0 saturated carbocycles. The first-order valence-corrected chi connectivity index (χ1v) is 6.01. The van der Waals surface area contributed by atoms with Gasteiger partial charge in [0.2, 0.25) is 5.82 Å². The number of nitrogens with zero attached hydrogens (tertiary/aromatic N) is 3. The Bertz CT molecular complexity index is 562. The Morgan fingerprint density at radius 3 is 2.59 bits per heavy atom. The molecule has 1 aromatic heterocycles. The molecule has 4 heteroatoms. The number of aromatic nitrogens is 2. The van der Waals surface area contributed by atoms with Crippen LogP contribution in [0.1, 0.15) is 6.42 Å². The molecule has 0 spiro atoms. The van der Waals surface area contributed by atoms with E-state index in [4.69, 9.17) is 4.98 Å². The van der Waals surface area contributed by atoms with Gasteiger partial charge in [-0.1, -0.05) is 12.1 Å². The Hall–Kier alpha value is -1.68. The van der Waals surface area contributed by atoms with Crippen LogP contribution in [0.2, 0.25) is 0 Å². The van der Waals surface area contributed by atoms with E-state index in [0.717, 1.165) is 46.7 Å². The Morgan fingerprint density at radius 1 is 1.12 bits per heavy atom. The molecule has 2 heterocycles. The van der Waals surface area contributed by atoms with Gasteiger partial charge in [0.1, 0.15) is 0 Å². The van der Waals surface area contributed by atoms with Crippen LogP contribution in [0.4, 0.5) is 11.6 Å². The van der Waals surface area contributed by atoms with Crippen LogP contribution in [-0.4, -0.2) is 37.2 Å². The van der Waals surface area contributed by atoms with Crippen molar-refractivity contribution in [2.24, 2.45) is 0 Å². The number of hydrogen-bond donors (Lipinski definition) is 1. The molecule has 0 atom stereocenters. The lowest BCUT2D eigenvalue weighted by molar-refractivity contribution is 0.393. The van der Waals surface area contributed by atoms with Crippen molar-refractivity contribution < 1.29 is 0 Å². The highest BCUT2D eigenvalue weighted by Gasteiger charge is 2.28. The Kier molecular flexibility index (Phi) is 2.26. The summed E-state index contributed by atoms with van der Waals surface area (Å²) in [6, 6.07) is 8.04. The zero-order valence-corrected chi connectivity index (χ0v) is 10.3. The minimum absolute atomic E-state index is 0.792. The first-order chi connectivity index (χ1) is 8.17. The van der Waals surface area contributed by atoms with Gasteiger partial charge in [-0.3, -0.25) is 4.48 Å². The molecule has 0 amide bonds. The van der Waals surface area contributed by atoms with Gasteiger partial charge in [0.15, 0.2) is 0 Å². The van der Waals surface area contributed by atoms with Gasteiger partial charge < -0.3 is 5.32 Å². The lowest BCUT2D eigenvalue weighted by Crippen LogP contribution is -2.41. The SMILES string of the molecule is C[N+]1(C)CCCNc2nc3ccccc3nc21. The van der Waals surface area contributed by atoms with Crippen molar-refractivity contribution in [3.63, 3.8) is 0 Å². The maximum atomic E-state index is 4.78. The summed E-state index contributed by atoms with van der Waals surface area (Å²) in [5, 5.41) is 3.38. The first-order valence-electron chi connectivity index (χ1n) is 6.01. The van der Waals surface area contributed by atoms with Gasteiger partial charge in [0.05, 0.1) is 31.7 Å². The zero-order chi connectivity index (χ0) is 11.9. The third-order valence-electron chi connectivity index (χ3n) is 3.31. The Labute approximate surface area is 101 Å². The van der Waals surface area contributed by atoms with Crippen LogP contribution in [0.3, 0.4) is 0 Å². The first kappa shape index (κ1) is 10.5. The van der Waals surface area contributed by atoms with E-state index in [1.165, 1.54) is 0 Å². The van der Waals surface area contributed by atoms with E-state index in [0.29, 0.717) is 0 Å². The quantitative estimate of drug-likeness (QED) is 0.702. The predicted octanol–water partition coefficient (Wildman–Crippen LogP) is 2.01. The highest BCUT2D eigenvalue weighted by atomic mass is 15.4. The van der Waals surface area contributed by atoms with Crippen LogP contribution >= 0.6 is 0 Å². The second-order valence-corrected chi connectivity index (χ2v) is 5.07. The number of quaternary nitrogens is 1. The van der Waals surface area contributed by atoms with Crippen LogP contribution in [0.25, 0.3) is 11.0 Å². The van der Waals surface area contributed by atoms with Gasteiger partial charge in [-0.05, 0) is 12.1 Å². The van der Waals surface area contributed by atoms with Crippen molar-refractivity contribution in [3.8, 4) is 0 Å². The highest BCUT2D eigenvalue weighted by molar-refractivity contribution is 5.79. The number of benzene rings is 1. The zero-order valence-electron chi connectivity index (χ0n) is 10.3. The summed E-state index contributed by atoms with van der Waals surface area (Å²) in [4.78, 5) is 9.46. The molecular weight excluding hydrogens is 212 g/mol. The summed E-state index contributed by atoms with van der Waals surface area (Å²) >= 11 is 0. The van der Waals surface area contributed by atoms with Gasteiger partial charge in [-0.15, -0.1) is 0 Å². The van der Waals surface area contributed by atoms with Crippen molar-refractivity contribution >= 4 is 22.7 Å². The van der Waals surface area contributed by atoms with Crippen LogP contribution in [0.15, 0.2) is 24.3 Å². The van der Waals surface area contributed by atoms with Gasteiger partial charge in [-0.2, -0.15) is 4.98 Å². The third kappa shape index (κ3) is 1.74. The van der Waals surface area contributed by atoms with Crippen LogP contribution in [0, 0.1) is 0 Å². The molecule has 0 unspecified atom stereocenters. The summed E-state index contributed by atoms with van der Waals surface area (Å²) < 4.78 is 0.792. The molecule has 1 N–H and O–H groups in total. The second-order valence-electron chi connectivity index (χ2n) is 5.07. The van der Waals surface area contributed by atoms with Crippen molar-refractivity contribution in [1.29, 1.82) is 0 Å². The normalized spacial score (nSPS) is 18.2. The fourth-order valence-electron chi connectivity index (χ4n) is 2.32. The number of fused-ring (bicyclic) bond motifs is 2. The van der Waals surface area contributed by atoms with E-state index in [-0.39, 0.29) is 0 Å². The number of anilines is 1. The van der Waals surface area contributed by atoms with E-state index in [1.807, 2.05) is 24.3 Å². The summed E-state index contributed by atoms with van der Waals surface area (Å²) in [5.41, 5.74) is 1.93. The number of nitrogens with one attached hydrogen (secondary N) is 1. The van der Waals surface area contributed by atoms with Crippen LogP contribution in [0.5, 0.6) is 0 Å². The smallest absolute Gasteiger partial charge is 0.271 e. The van der Waals surface area contributed by atoms with E-state index in [2.05, 4.69) is 24.4 Å². The van der Waals surface area contributed by atoms with Crippen molar-refractivity contribution in [2.75, 3.05) is 32.5 Å². The maximum Gasteiger partial charge on any atom is 0.271 e. The lowest BCUT2D eigenvalue weighted by atomic mass is 10.3. The van der Waals surface area contributed by atoms with Crippen molar-refractivity contribution in [2.45, 2.75) is 6.42 Å². The third-order valence-corrected chi connectivity index (χ3v) is 3.31. The molecule has 0 fully saturated rings. The molecular formula is C13H17N4+. The lowest BCUT2D eigenvalue weighted by Gasteiger charge is -2.26. The highest BCUT2D eigenvalue weighted by Crippen LogP contribution is 2.29. The molecule has 88 valence electrons. The molecule has 0 radical (unpaired) electrons. The molecule has 1 aromatic carbocycles. The maximum absolute atomic E-state index is 4.78. The molecule has 0 saturated heterocycles. The standard InChI is InChI=1S/C13H17N4/c1-17(2)9-5-8-14-12-13(17)16-11-7-4-3-6-10(11)15-12/h3-4,6-7H,5,8-9H2,1-2H3,(H,14,15)/q+1. The van der Waals surface area contributed by atoms with Crippen LogP contribution in [-0.2, 0) is 0 Å². The number of para-hydroxylation sites is 2. The number of hydrogen-bond acceptors (Lipinski definition) is 3. The molecule has 4 nitrogen and oxygen atoms in total. The molecule has 17 heavy (non-hydrogen) atoms. The van der Waals surface area contributed by atoms with Gasteiger partial charge in [-0.25, -0.2) is 4.98 Å². The largest absolute Gasteiger partial charge is 0.363 e. The molecule has 3 rings (SSSR count). The topological polar surface area (TPSA) is 37.8 Å². The monoisotopic (exact) mass is 229 g/mol. The average Bonchev–Trinajstić information content (AvgIpc) is 2.46. The summed E-state index contributed by atoms with van der Waals surface area (Å²) in [7, 11) is 4.38. The van der Waals surface area contributed by atoms with Gasteiger partial charge in [0.25, 0.3) is 5.82 Å². The minimum atomic E-state index is 0.792. The predicted molar refractivity (Wildman–Crippen MR) is 71.2 cm³/mol. The summed E-state index contributed by atoms with van der Waals surface area (Å²) in [5.74, 6) is 1.98. The fraction of sp³-hybridized carbons (Fsp3) is 0.385. The molecule has 1 aliphatic heterocycles. The van der Waals surface area contributed by atoms with Crippen molar-refractivity contribution in [3.05, 3.63) is 24.3 Å². The molecule has 1 aliphatic rings. The summed E-state index contributed by atoms with van der Waals surface area (Å²) in [6.07, 6.45) is 1.14. The van der Waals surface area contributed by atoms with Crippen molar-refractivity contribution in [1.82, 2.24) is 14.5 Å². The molecule has 0 aliphatic carbocycles. The number of rotatable bonds is 0. The minimum Gasteiger partial charge on any atom is -0.363 e. The van der Waals surface area contributed by atoms with E-state index >= 15 is 0 Å². The van der Waals surface area contributed by atoms with Crippen LogP contribution < -0.4 is 9.80 Å². The van der Waals surface area contributed by atoms with E-state index in [1.54, 1.807) is 0 Å². The summed E-state index contributed by atoms with van der Waals surface area (Å²) in [6.45, 7) is 2.06. The Morgan fingerprint density at radius 2 is 1.82 bits per heavy atom.